The molecule has 0 spiro atoms. The van der Waals surface area contributed by atoms with Gasteiger partial charge in [0.2, 0.25) is 5.43 Å². The van der Waals surface area contributed by atoms with Crippen LogP contribution in [-0.4, -0.2) is 41.6 Å². The molecule has 1 saturated heterocycles. The number of pyridine rings is 1. The molecule has 1 fully saturated rings. The van der Waals surface area contributed by atoms with Crippen molar-refractivity contribution in [2.45, 2.75) is 6.92 Å². The minimum Gasteiger partial charge on any atom is -0.368 e. The van der Waals surface area contributed by atoms with Crippen molar-refractivity contribution in [2.75, 3.05) is 31.1 Å². The van der Waals surface area contributed by atoms with E-state index in [1.165, 1.54) is 0 Å². The lowest BCUT2D eigenvalue weighted by atomic mass is 10.1. The lowest BCUT2D eigenvalue weighted by Gasteiger charge is -2.36. The van der Waals surface area contributed by atoms with Crippen LogP contribution in [0.1, 0.15) is 15.9 Å². The van der Waals surface area contributed by atoms with Crippen LogP contribution in [0.3, 0.4) is 0 Å². The summed E-state index contributed by atoms with van der Waals surface area (Å²) in [5.74, 6) is -0.200. The van der Waals surface area contributed by atoms with Gasteiger partial charge >= 0.3 is 0 Å². The fraction of sp³-hybridized carbons (Fsp3) is 0.273. The van der Waals surface area contributed by atoms with Crippen LogP contribution in [0.5, 0.6) is 0 Å². The minimum atomic E-state index is -0.202. The molecule has 144 valence electrons. The first-order valence-corrected chi connectivity index (χ1v) is 9.72. The number of fused-ring (bicyclic) bond motifs is 1. The highest BCUT2D eigenvalue weighted by Gasteiger charge is 2.25. The van der Waals surface area contributed by atoms with Crippen LogP contribution in [0, 0.1) is 6.92 Å². The normalized spacial score (nSPS) is 14.5. The van der Waals surface area contributed by atoms with E-state index >= 15 is 0 Å². The molecule has 0 aliphatic carbocycles. The molecule has 1 aliphatic heterocycles. The SMILES string of the molecule is Cc1ccc(Cl)cc1N1CCN(C(=O)c2cn(C)c3ccccc3c2=O)CC1. The number of aromatic nitrogens is 1. The van der Waals surface area contributed by atoms with E-state index in [-0.39, 0.29) is 16.9 Å². The van der Waals surface area contributed by atoms with E-state index in [0.717, 1.165) is 16.8 Å². The number of amides is 1. The van der Waals surface area contributed by atoms with Gasteiger partial charge in [-0.2, -0.15) is 0 Å². The largest absolute Gasteiger partial charge is 0.368 e. The number of piperazine rings is 1. The van der Waals surface area contributed by atoms with Gasteiger partial charge in [-0.25, -0.2) is 0 Å². The molecule has 2 aromatic carbocycles. The Morgan fingerprint density at radius 2 is 1.75 bits per heavy atom. The zero-order valence-corrected chi connectivity index (χ0v) is 16.7. The maximum Gasteiger partial charge on any atom is 0.259 e. The number of halogens is 1. The maximum absolute atomic E-state index is 13.1. The Hall–Kier alpha value is -2.79. The topological polar surface area (TPSA) is 45.5 Å². The first kappa shape index (κ1) is 18.6. The molecule has 3 aromatic rings. The van der Waals surface area contributed by atoms with Crippen molar-refractivity contribution in [2.24, 2.45) is 7.05 Å². The van der Waals surface area contributed by atoms with Gasteiger partial charge in [-0.3, -0.25) is 9.59 Å². The number of benzene rings is 2. The predicted octanol–water partition coefficient (Wildman–Crippen LogP) is 3.46. The second-order valence-electron chi connectivity index (χ2n) is 7.21. The quantitative estimate of drug-likeness (QED) is 0.667. The summed E-state index contributed by atoms with van der Waals surface area (Å²) < 4.78 is 1.84. The van der Waals surface area contributed by atoms with E-state index in [4.69, 9.17) is 11.6 Å². The third-order valence-electron chi connectivity index (χ3n) is 5.41. The minimum absolute atomic E-state index is 0.200. The summed E-state index contributed by atoms with van der Waals surface area (Å²) in [6.45, 7) is 4.62. The number of aryl methyl sites for hydroxylation is 2. The molecule has 5 nitrogen and oxygen atoms in total. The summed E-state index contributed by atoms with van der Waals surface area (Å²) in [7, 11) is 1.86. The number of carbonyl (C=O) groups excluding carboxylic acids is 1. The average Bonchev–Trinajstić information content (AvgIpc) is 2.72. The number of nitrogens with zero attached hydrogens (tertiary/aromatic N) is 3. The third kappa shape index (κ3) is 3.27. The van der Waals surface area contributed by atoms with Crippen molar-refractivity contribution < 1.29 is 4.79 Å². The number of para-hydroxylation sites is 1. The summed E-state index contributed by atoms with van der Waals surface area (Å²) in [6, 6.07) is 13.2. The molecule has 1 aliphatic rings. The number of rotatable bonds is 2. The Morgan fingerprint density at radius 3 is 2.50 bits per heavy atom. The Kier molecular flexibility index (Phi) is 4.85. The number of hydrogen-bond acceptors (Lipinski definition) is 3. The van der Waals surface area contributed by atoms with Crippen molar-refractivity contribution in [1.29, 1.82) is 0 Å². The van der Waals surface area contributed by atoms with Gasteiger partial charge in [0.15, 0.2) is 0 Å². The van der Waals surface area contributed by atoms with E-state index in [1.54, 1.807) is 17.2 Å². The van der Waals surface area contributed by atoms with Crippen LogP contribution < -0.4 is 10.3 Å². The second kappa shape index (κ2) is 7.32. The molecular weight excluding hydrogens is 374 g/mol. The molecule has 1 amide bonds. The van der Waals surface area contributed by atoms with Gasteiger partial charge in [-0.15, -0.1) is 0 Å². The monoisotopic (exact) mass is 395 g/mol. The lowest BCUT2D eigenvalue weighted by Crippen LogP contribution is -2.49. The first-order chi connectivity index (χ1) is 13.5. The van der Waals surface area contributed by atoms with Crippen molar-refractivity contribution in [3.63, 3.8) is 0 Å². The van der Waals surface area contributed by atoms with Gasteiger partial charge < -0.3 is 14.4 Å². The standard InChI is InChI=1S/C22H22ClN3O2/c1-15-7-8-16(23)13-20(15)25-9-11-26(12-10-25)22(28)18-14-24(2)19-6-4-3-5-17(19)21(18)27/h3-8,13-14H,9-12H2,1-2H3. The van der Waals surface area contributed by atoms with Crippen molar-refractivity contribution >= 4 is 34.1 Å². The Labute approximate surface area is 168 Å². The van der Waals surface area contributed by atoms with Crippen LogP contribution in [-0.2, 0) is 7.05 Å². The van der Waals surface area contributed by atoms with Crippen molar-refractivity contribution in [3.05, 3.63) is 75.0 Å². The van der Waals surface area contributed by atoms with Crippen molar-refractivity contribution in [3.8, 4) is 0 Å². The summed E-state index contributed by atoms with van der Waals surface area (Å²) in [4.78, 5) is 29.9. The first-order valence-electron chi connectivity index (χ1n) is 9.34. The molecule has 0 bridgehead atoms. The summed E-state index contributed by atoms with van der Waals surface area (Å²) in [5.41, 5.74) is 3.11. The molecular formula is C22H22ClN3O2. The highest BCUT2D eigenvalue weighted by atomic mass is 35.5. The van der Waals surface area contributed by atoms with Crippen LogP contribution in [0.4, 0.5) is 5.69 Å². The second-order valence-corrected chi connectivity index (χ2v) is 7.65. The lowest BCUT2D eigenvalue weighted by molar-refractivity contribution is 0.0745. The van der Waals surface area contributed by atoms with E-state index in [9.17, 15) is 9.59 Å². The van der Waals surface area contributed by atoms with Crippen LogP contribution in [0.15, 0.2) is 53.5 Å². The van der Waals surface area contributed by atoms with E-state index in [1.807, 2.05) is 48.0 Å². The summed E-state index contributed by atoms with van der Waals surface area (Å²) in [6.07, 6.45) is 1.65. The molecule has 0 unspecified atom stereocenters. The van der Waals surface area contributed by atoms with E-state index in [0.29, 0.717) is 36.6 Å². The van der Waals surface area contributed by atoms with Gasteiger partial charge in [0.1, 0.15) is 5.56 Å². The van der Waals surface area contributed by atoms with Gasteiger partial charge in [0.25, 0.3) is 5.91 Å². The molecule has 1 aromatic heterocycles. The smallest absolute Gasteiger partial charge is 0.259 e. The highest BCUT2D eigenvalue weighted by Crippen LogP contribution is 2.25. The van der Waals surface area contributed by atoms with Crippen molar-refractivity contribution in [1.82, 2.24) is 9.47 Å². The molecule has 4 rings (SSSR count). The molecule has 0 radical (unpaired) electrons. The summed E-state index contributed by atoms with van der Waals surface area (Å²) in [5, 5.41) is 1.28. The molecule has 2 heterocycles. The number of carbonyl (C=O) groups is 1. The predicted molar refractivity (Wildman–Crippen MR) is 113 cm³/mol. The third-order valence-corrected chi connectivity index (χ3v) is 5.64. The van der Waals surface area contributed by atoms with Crippen LogP contribution >= 0.6 is 11.6 Å². The fourth-order valence-corrected chi connectivity index (χ4v) is 4.00. The highest BCUT2D eigenvalue weighted by molar-refractivity contribution is 6.30. The average molecular weight is 396 g/mol. The van der Waals surface area contributed by atoms with Gasteiger partial charge in [-0.05, 0) is 36.8 Å². The Balaban J connectivity index is 1.56. The van der Waals surface area contributed by atoms with E-state index < -0.39 is 0 Å². The molecule has 0 atom stereocenters. The molecule has 0 saturated carbocycles. The van der Waals surface area contributed by atoms with Gasteiger partial charge in [0, 0.05) is 55.5 Å². The van der Waals surface area contributed by atoms with Crippen LogP contribution in [0.25, 0.3) is 10.9 Å². The number of hydrogen-bond donors (Lipinski definition) is 0. The zero-order chi connectivity index (χ0) is 19.8. The molecule has 6 heteroatoms. The van der Waals surface area contributed by atoms with Gasteiger partial charge in [0.05, 0.1) is 5.52 Å². The molecule has 28 heavy (non-hydrogen) atoms. The Bertz CT molecular complexity index is 1110. The summed E-state index contributed by atoms with van der Waals surface area (Å²) >= 11 is 6.15. The van der Waals surface area contributed by atoms with E-state index in [2.05, 4.69) is 11.8 Å². The zero-order valence-electron chi connectivity index (χ0n) is 16.0. The van der Waals surface area contributed by atoms with Gasteiger partial charge in [-0.1, -0.05) is 29.8 Å². The molecule has 0 N–H and O–H groups in total. The maximum atomic E-state index is 13.1. The number of anilines is 1. The fourth-order valence-electron chi connectivity index (χ4n) is 3.84. The Morgan fingerprint density at radius 1 is 1.04 bits per heavy atom. The van der Waals surface area contributed by atoms with Crippen LogP contribution in [0.2, 0.25) is 5.02 Å².